The highest BCUT2D eigenvalue weighted by molar-refractivity contribution is 5.93. The van der Waals surface area contributed by atoms with Crippen molar-refractivity contribution in [3.63, 3.8) is 0 Å². The van der Waals surface area contributed by atoms with E-state index in [2.05, 4.69) is 10.4 Å². The molecule has 27 heavy (non-hydrogen) atoms. The van der Waals surface area contributed by atoms with Gasteiger partial charge in [0.25, 0.3) is 0 Å². The summed E-state index contributed by atoms with van der Waals surface area (Å²) in [5.41, 5.74) is 2.58. The molecule has 1 N–H and O–H groups in total. The molecular formula is C19H24F2N4O2. The molecular weight excluding hydrogens is 354 g/mol. The Morgan fingerprint density at radius 1 is 1.26 bits per heavy atom. The molecule has 1 heterocycles. The van der Waals surface area contributed by atoms with Crippen molar-refractivity contribution < 1.29 is 18.4 Å². The molecule has 0 saturated heterocycles. The van der Waals surface area contributed by atoms with Crippen LogP contribution in [0.2, 0.25) is 0 Å². The van der Waals surface area contributed by atoms with Gasteiger partial charge in [-0.3, -0.25) is 9.59 Å². The van der Waals surface area contributed by atoms with Gasteiger partial charge in [-0.1, -0.05) is 18.2 Å². The fourth-order valence-electron chi connectivity index (χ4n) is 2.93. The Kier molecular flexibility index (Phi) is 6.65. The first kappa shape index (κ1) is 20.5. The van der Waals surface area contributed by atoms with Crippen LogP contribution in [-0.2, 0) is 22.6 Å². The van der Waals surface area contributed by atoms with Gasteiger partial charge < -0.3 is 10.2 Å². The van der Waals surface area contributed by atoms with Crippen LogP contribution in [0, 0.1) is 13.8 Å². The minimum absolute atomic E-state index is 0.0516. The van der Waals surface area contributed by atoms with Crippen LogP contribution >= 0.6 is 0 Å². The van der Waals surface area contributed by atoms with Crippen molar-refractivity contribution in [1.82, 2.24) is 14.7 Å². The molecule has 2 rings (SSSR count). The monoisotopic (exact) mass is 378 g/mol. The second-order valence-electron chi connectivity index (χ2n) is 6.29. The number of aromatic nitrogens is 2. The molecule has 2 aromatic rings. The van der Waals surface area contributed by atoms with Crippen LogP contribution in [0.4, 0.5) is 14.5 Å². The Balaban J connectivity index is 2.16. The molecule has 2 amide bonds. The fourth-order valence-corrected chi connectivity index (χ4v) is 2.93. The lowest BCUT2D eigenvalue weighted by molar-refractivity contribution is -0.129. The number of nitrogens with one attached hydrogen (secondary N) is 1. The third-order valence-electron chi connectivity index (χ3n) is 4.48. The van der Waals surface area contributed by atoms with Crippen molar-refractivity contribution in [2.24, 2.45) is 0 Å². The molecule has 0 radical (unpaired) electrons. The van der Waals surface area contributed by atoms with Gasteiger partial charge in [-0.15, -0.1) is 0 Å². The first-order chi connectivity index (χ1) is 12.7. The first-order valence-corrected chi connectivity index (χ1v) is 8.70. The topological polar surface area (TPSA) is 67.2 Å². The quantitative estimate of drug-likeness (QED) is 0.803. The number of carbonyl (C=O) groups excluding carboxylic acids is 2. The molecule has 8 heteroatoms. The number of nitrogens with zero attached hydrogens (tertiary/aromatic N) is 3. The highest BCUT2D eigenvalue weighted by Gasteiger charge is 2.20. The molecule has 1 aromatic heterocycles. The Hall–Kier alpha value is -2.77. The third kappa shape index (κ3) is 4.90. The zero-order valence-corrected chi connectivity index (χ0v) is 15.9. The number of halogens is 2. The lowest BCUT2D eigenvalue weighted by Gasteiger charge is -2.21. The van der Waals surface area contributed by atoms with Crippen LogP contribution in [0.5, 0.6) is 0 Å². The van der Waals surface area contributed by atoms with Crippen molar-refractivity contribution in [3.8, 4) is 0 Å². The Morgan fingerprint density at radius 2 is 1.93 bits per heavy atom. The summed E-state index contributed by atoms with van der Waals surface area (Å²) in [6.07, 6.45) is -0.0527. The summed E-state index contributed by atoms with van der Waals surface area (Å²) in [6.45, 7) is 4.70. The molecule has 0 saturated carbocycles. The van der Waals surface area contributed by atoms with E-state index in [1.165, 1.54) is 13.8 Å². The van der Waals surface area contributed by atoms with Gasteiger partial charge in [0.2, 0.25) is 11.8 Å². The first-order valence-electron chi connectivity index (χ1n) is 8.70. The zero-order chi connectivity index (χ0) is 20.1. The maximum atomic E-state index is 12.9. The fraction of sp³-hybridized carbons (Fsp3) is 0.421. The average Bonchev–Trinajstić information content (AvgIpc) is 2.89. The number of benzene rings is 1. The smallest absolute Gasteiger partial charge is 0.333 e. The van der Waals surface area contributed by atoms with E-state index in [9.17, 15) is 18.4 Å². The Bertz CT molecular complexity index is 833. The lowest BCUT2D eigenvalue weighted by Crippen LogP contribution is -2.28. The van der Waals surface area contributed by atoms with Gasteiger partial charge in [-0.05, 0) is 32.4 Å². The second kappa shape index (κ2) is 8.75. The van der Waals surface area contributed by atoms with E-state index in [1.54, 1.807) is 24.0 Å². The Labute approximate surface area is 157 Å². The van der Waals surface area contributed by atoms with E-state index in [1.807, 2.05) is 19.1 Å². The number of anilines is 1. The van der Waals surface area contributed by atoms with Crippen LogP contribution in [0.3, 0.4) is 0 Å². The molecule has 0 aliphatic heterocycles. The number of hydrogen-bond donors (Lipinski definition) is 1. The van der Waals surface area contributed by atoms with Gasteiger partial charge in [-0.25, -0.2) is 4.68 Å². The highest BCUT2D eigenvalue weighted by atomic mass is 19.3. The van der Waals surface area contributed by atoms with Gasteiger partial charge >= 0.3 is 6.55 Å². The molecule has 0 aliphatic rings. The summed E-state index contributed by atoms with van der Waals surface area (Å²) in [5.74, 6) is -0.377. The van der Waals surface area contributed by atoms with Crippen molar-refractivity contribution in [1.29, 1.82) is 0 Å². The maximum absolute atomic E-state index is 12.9. The molecule has 6 nitrogen and oxygen atoms in total. The number of aryl methyl sites for hydroxylation is 1. The van der Waals surface area contributed by atoms with Gasteiger partial charge in [0.15, 0.2) is 0 Å². The molecule has 0 spiro atoms. The largest absolute Gasteiger partial charge is 0.339 e. The average molecular weight is 378 g/mol. The molecule has 0 atom stereocenters. The molecule has 0 aliphatic carbocycles. The number of para-hydroxylation sites is 1. The van der Waals surface area contributed by atoms with Crippen LogP contribution in [0.15, 0.2) is 24.3 Å². The van der Waals surface area contributed by atoms with Crippen LogP contribution < -0.4 is 5.32 Å². The van der Waals surface area contributed by atoms with E-state index in [4.69, 9.17) is 0 Å². The predicted molar refractivity (Wildman–Crippen MR) is 98.5 cm³/mol. The normalized spacial score (nSPS) is 10.9. The Morgan fingerprint density at radius 3 is 2.48 bits per heavy atom. The van der Waals surface area contributed by atoms with Crippen LogP contribution in [0.25, 0.3) is 0 Å². The lowest BCUT2D eigenvalue weighted by atomic mass is 10.1. The SMILES string of the molecule is CCN(Cc1ccccc1NC(=O)Cc1c(C)nn(C(F)F)c1C)C(C)=O. The van der Waals surface area contributed by atoms with Gasteiger partial charge in [0.05, 0.1) is 12.1 Å². The molecule has 0 unspecified atom stereocenters. The number of carbonyl (C=O) groups is 2. The van der Waals surface area contributed by atoms with Gasteiger partial charge in [0.1, 0.15) is 0 Å². The summed E-state index contributed by atoms with van der Waals surface area (Å²) in [4.78, 5) is 25.8. The maximum Gasteiger partial charge on any atom is 0.333 e. The molecule has 0 bridgehead atoms. The molecule has 0 fully saturated rings. The number of amides is 2. The van der Waals surface area contributed by atoms with E-state index >= 15 is 0 Å². The summed E-state index contributed by atoms with van der Waals surface area (Å²) < 4.78 is 26.5. The minimum Gasteiger partial charge on any atom is -0.339 e. The van der Waals surface area contributed by atoms with E-state index in [0.29, 0.717) is 34.7 Å². The van der Waals surface area contributed by atoms with Crippen LogP contribution in [-0.4, -0.2) is 33.0 Å². The van der Waals surface area contributed by atoms with E-state index in [0.717, 1.165) is 5.56 Å². The van der Waals surface area contributed by atoms with Crippen molar-refractivity contribution >= 4 is 17.5 Å². The van der Waals surface area contributed by atoms with Crippen molar-refractivity contribution in [2.45, 2.75) is 47.2 Å². The van der Waals surface area contributed by atoms with Gasteiger partial charge in [-0.2, -0.15) is 13.9 Å². The standard InChI is InChI=1S/C19H24F2N4O2/c1-5-24(14(4)26)11-15-8-6-7-9-17(15)22-18(27)10-16-12(2)23-25(13(16)3)19(20)21/h6-9,19H,5,10-11H2,1-4H3,(H,22,27). The van der Waals surface area contributed by atoms with Crippen molar-refractivity contribution in [3.05, 3.63) is 46.8 Å². The summed E-state index contributed by atoms with van der Waals surface area (Å²) in [6, 6.07) is 7.21. The minimum atomic E-state index is -2.74. The zero-order valence-electron chi connectivity index (χ0n) is 15.9. The number of rotatable bonds is 7. The predicted octanol–water partition coefficient (Wildman–Crippen LogP) is 3.44. The van der Waals surface area contributed by atoms with Crippen molar-refractivity contribution in [2.75, 3.05) is 11.9 Å². The molecule has 1 aromatic carbocycles. The number of hydrogen-bond acceptors (Lipinski definition) is 3. The van der Waals surface area contributed by atoms with E-state index < -0.39 is 6.55 Å². The summed E-state index contributed by atoms with van der Waals surface area (Å²) in [7, 11) is 0. The van der Waals surface area contributed by atoms with Crippen LogP contribution in [0.1, 0.15) is 42.9 Å². The number of alkyl halides is 2. The second-order valence-corrected chi connectivity index (χ2v) is 6.29. The highest BCUT2D eigenvalue weighted by Crippen LogP contribution is 2.21. The van der Waals surface area contributed by atoms with Gasteiger partial charge in [0, 0.05) is 37.0 Å². The summed E-state index contributed by atoms with van der Waals surface area (Å²) >= 11 is 0. The summed E-state index contributed by atoms with van der Waals surface area (Å²) in [5, 5.41) is 6.62. The van der Waals surface area contributed by atoms with E-state index in [-0.39, 0.29) is 23.9 Å². The third-order valence-corrected chi connectivity index (χ3v) is 4.48. The molecule has 146 valence electrons.